The van der Waals surface area contributed by atoms with Crippen LogP contribution in [0.1, 0.15) is 18.4 Å². The summed E-state index contributed by atoms with van der Waals surface area (Å²) in [5.41, 5.74) is 8.25. The molecule has 0 aromatic heterocycles. The molecule has 0 aliphatic carbocycles. The van der Waals surface area contributed by atoms with E-state index in [-0.39, 0.29) is 0 Å². The minimum Gasteiger partial charge on any atom is -0.381 e. The predicted octanol–water partition coefficient (Wildman–Crippen LogP) is 2.77. The third-order valence-electron chi connectivity index (χ3n) is 3.55. The summed E-state index contributed by atoms with van der Waals surface area (Å²) in [4.78, 5) is 2.32. The van der Waals surface area contributed by atoms with Crippen molar-refractivity contribution < 1.29 is 4.74 Å². The third kappa shape index (κ3) is 3.46. The van der Waals surface area contributed by atoms with Crippen LogP contribution in [0.4, 0.5) is 5.69 Å². The van der Waals surface area contributed by atoms with Gasteiger partial charge in [0.05, 0.1) is 0 Å². The molecule has 2 rings (SSSR count). The first-order valence-corrected chi connectivity index (χ1v) is 7.27. The Bertz CT molecular complexity index is 391. The maximum atomic E-state index is 5.81. The van der Waals surface area contributed by atoms with Gasteiger partial charge in [-0.15, -0.1) is 0 Å². The van der Waals surface area contributed by atoms with Crippen LogP contribution in [0, 0.1) is 5.92 Å². The number of hydrogen-bond donors (Lipinski definition) is 1. The van der Waals surface area contributed by atoms with Crippen molar-refractivity contribution >= 4 is 21.6 Å². The Kier molecular flexibility index (Phi) is 5.03. The highest BCUT2D eigenvalue weighted by molar-refractivity contribution is 9.10. The fourth-order valence-corrected chi connectivity index (χ4v) is 2.83. The molecule has 1 heterocycles. The van der Waals surface area contributed by atoms with E-state index in [0.29, 0.717) is 6.54 Å². The second-order valence-electron chi connectivity index (χ2n) is 4.91. The van der Waals surface area contributed by atoms with Crippen LogP contribution in [0.2, 0.25) is 0 Å². The van der Waals surface area contributed by atoms with E-state index in [9.17, 15) is 0 Å². The number of ether oxygens (including phenoxy) is 1. The summed E-state index contributed by atoms with van der Waals surface area (Å²) in [6, 6.07) is 6.30. The number of rotatable bonds is 4. The molecule has 4 heteroatoms. The van der Waals surface area contributed by atoms with Crippen LogP contribution in [0.15, 0.2) is 22.7 Å². The van der Waals surface area contributed by atoms with E-state index in [2.05, 4.69) is 40.0 Å². The van der Waals surface area contributed by atoms with Gasteiger partial charge in [-0.1, -0.05) is 22.0 Å². The maximum Gasteiger partial charge on any atom is 0.0469 e. The van der Waals surface area contributed by atoms with Crippen LogP contribution in [-0.2, 0) is 11.3 Å². The summed E-state index contributed by atoms with van der Waals surface area (Å²) >= 11 is 3.53. The number of nitrogens with two attached hydrogens (primary N) is 1. The molecule has 3 nitrogen and oxygen atoms in total. The maximum absolute atomic E-state index is 5.81. The minimum absolute atomic E-state index is 0.584. The van der Waals surface area contributed by atoms with Crippen LogP contribution in [-0.4, -0.2) is 26.8 Å². The van der Waals surface area contributed by atoms with Crippen molar-refractivity contribution in [1.82, 2.24) is 0 Å². The van der Waals surface area contributed by atoms with Gasteiger partial charge in [-0.2, -0.15) is 0 Å². The molecule has 0 bridgehead atoms. The van der Waals surface area contributed by atoms with Crippen LogP contribution in [0.25, 0.3) is 0 Å². The van der Waals surface area contributed by atoms with E-state index in [1.54, 1.807) is 0 Å². The quantitative estimate of drug-likeness (QED) is 0.929. The van der Waals surface area contributed by atoms with Gasteiger partial charge in [-0.3, -0.25) is 0 Å². The second kappa shape index (κ2) is 6.55. The largest absolute Gasteiger partial charge is 0.381 e. The standard InChI is InChI=1S/C14H21BrN2O/c1-17(10-11-4-6-18-7-5-11)14-8-13(15)3-2-12(14)9-16/h2-3,8,11H,4-7,9-10,16H2,1H3. The average molecular weight is 313 g/mol. The molecule has 18 heavy (non-hydrogen) atoms. The Hall–Kier alpha value is -0.580. The summed E-state index contributed by atoms with van der Waals surface area (Å²) in [5, 5.41) is 0. The first kappa shape index (κ1) is 13.8. The van der Waals surface area contributed by atoms with E-state index < -0.39 is 0 Å². The first-order chi connectivity index (χ1) is 8.70. The smallest absolute Gasteiger partial charge is 0.0469 e. The Morgan fingerprint density at radius 2 is 2.11 bits per heavy atom. The molecule has 100 valence electrons. The Morgan fingerprint density at radius 3 is 2.78 bits per heavy atom. The summed E-state index contributed by atoms with van der Waals surface area (Å²) in [6.45, 7) is 3.47. The summed E-state index contributed by atoms with van der Waals surface area (Å²) in [6.07, 6.45) is 2.33. The molecule has 1 saturated heterocycles. The average Bonchev–Trinajstić information content (AvgIpc) is 2.40. The lowest BCUT2D eigenvalue weighted by molar-refractivity contribution is 0.0685. The Morgan fingerprint density at radius 1 is 1.39 bits per heavy atom. The van der Waals surface area contributed by atoms with Crippen molar-refractivity contribution in [2.75, 3.05) is 31.7 Å². The fraction of sp³-hybridized carbons (Fsp3) is 0.571. The van der Waals surface area contributed by atoms with Crippen molar-refractivity contribution in [2.24, 2.45) is 11.7 Å². The van der Waals surface area contributed by atoms with Crippen LogP contribution in [0.3, 0.4) is 0 Å². The monoisotopic (exact) mass is 312 g/mol. The van der Waals surface area contributed by atoms with Crippen molar-refractivity contribution in [3.8, 4) is 0 Å². The van der Waals surface area contributed by atoms with E-state index in [1.807, 2.05) is 6.07 Å². The molecule has 0 radical (unpaired) electrons. The van der Waals surface area contributed by atoms with Gasteiger partial charge in [-0.05, 0) is 36.5 Å². The van der Waals surface area contributed by atoms with E-state index >= 15 is 0 Å². The van der Waals surface area contributed by atoms with Gasteiger partial charge in [0.1, 0.15) is 0 Å². The molecular weight excluding hydrogens is 292 g/mol. The Labute approximate surface area is 117 Å². The first-order valence-electron chi connectivity index (χ1n) is 6.48. The molecule has 0 spiro atoms. The Balaban J connectivity index is 2.07. The molecule has 0 unspecified atom stereocenters. The topological polar surface area (TPSA) is 38.5 Å². The molecule has 1 fully saturated rings. The van der Waals surface area contributed by atoms with Gasteiger partial charge in [0.25, 0.3) is 0 Å². The number of hydrogen-bond acceptors (Lipinski definition) is 3. The molecule has 0 saturated carbocycles. The van der Waals surface area contributed by atoms with Gasteiger partial charge in [0, 0.05) is 43.5 Å². The number of halogens is 1. The summed E-state index contributed by atoms with van der Waals surface area (Å²) in [7, 11) is 2.15. The van der Waals surface area contributed by atoms with Gasteiger partial charge in [0.15, 0.2) is 0 Å². The number of anilines is 1. The third-order valence-corrected chi connectivity index (χ3v) is 4.04. The number of benzene rings is 1. The molecule has 2 N–H and O–H groups in total. The van der Waals surface area contributed by atoms with Crippen LogP contribution in [0.5, 0.6) is 0 Å². The zero-order valence-corrected chi connectivity index (χ0v) is 12.4. The molecule has 0 amide bonds. The van der Waals surface area contributed by atoms with Crippen LogP contribution < -0.4 is 10.6 Å². The molecular formula is C14H21BrN2O. The lowest BCUT2D eigenvalue weighted by Gasteiger charge is -2.29. The van der Waals surface area contributed by atoms with Gasteiger partial charge in [0.2, 0.25) is 0 Å². The van der Waals surface area contributed by atoms with Crippen molar-refractivity contribution in [3.63, 3.8) is 0 Å². The van der Waals surface area contributed by atoms with Crippen LogP contribution >= 0.6 is 15.9 Å². The zero-order valence-electron chi connectivity index (χ0n) is 10.9. The predicted molar refractivity (Wildman–Crippen MR) is 78.8 cm³/mol. The summed E-state index contributed by atoms with van der Waals surface area (Å²) < 4.78 is 6.51. The number of nitrogens with zero attached hydrogens (tertiary/aromatic N) is 1. The molecule has 1 aliphatic heterocycles. The lowest BCUT2D eigenvalue weighted by Crippen LogP contribution is -2.30. The highest BCUT2D eigenvalue weighted by atomic mass is 79.9. The lowest BCUT2D eigenvalue weighted by atomic mass is 9.99. The highest BCUT2D eigenvalue weighted by Gasteiger charge is 2.17. The summed E-state index contributed by atoms with van der Waals surface area (Å²) in [5.74, 6) is 0.730. The van der Waals surface area contributed by atoms with Crippen molar-refractivity contribution in [3.05, 3.63) is 28.2 Å². The molecule has 1 aliphatic rings. The van der Waals surface area contributed by atoms with Crippen molar-refractivity contribution in [2.45, 2.75) is 19.4 Å². The fourth-order valence-electron chi connectivity index (χ4n) is 2.48. The van der Waals surface area contributed by atoms with E-state index in [0.717, 1.165) is 43.0 Å². The molecule has 1 aromatic rings. The van der Waals surface area contributed by atoms with Gasteiger partial charge >= 0.3 is 0 Å². The zero-order chi connectivity index (χ0) is 13.0. The van der Waals surface area contributed by atoms with Gasteiger partial charge < -0.3 is 15.4 Å². The normalized spacial score (nSPS) is 16.8. The van der Waals surface area contributed by atoms with Crippen molar-refractivity contribution in [1.29, 1.82) is 0 Å². The highest BCUT2D eigenvalue weighted by Crippen LogP contribution is 2.26. The molecule has 0 atom stereocenters. The SMILES string of the molecule is CN(CC1CCOCC1)c1cc(Br)ccc1CN. The van der Waals surface area contributed by atoms with Gasteiger partial charge in [-0.25, -0.2) is 0 Å². The molecule has 1 aromatic carbocycles. The van der Waals surface area contributed by atoms with E-state index in [4.69, 9.17) is 10.5 Å². The minimum atomic E-state index is 0.584. The van der Waals surface area contributed by atoms with E-state index in [1.165, 1.54) is 11.3 Å². The second-order valence-corrected chi connectivity index (χ2v) is 5.83.